The van der Waals surface area contributed by atoms with Gasteiger partial charge >= 0.3 is 0 Å². The van der Waals surface area contributed by atoms with Crippen LogP contribution in [0.5, 0.6) is 0 Å². The van der Waals surface area contributed by atoms with Crippen LogP contribution in [0.4, 0.5) is 5.95 Å². The average Bonchev–Trinajstić information content (AvgIpc) is 2.71. The Balaban J connectivity index is 1.57. The van der Waals surface area contributed by atoms with Crippen LogP contribution < -0.4 is 4.90 Å². The lowest BCUT2D eigenvalue weighted by Gasteiger charge is -2.37. The van der Waals surface area contributed by atoms with Crippen LogP contribution in [0.3, 0.4) is 0 Å². The molecule has 27 heavy (non-hydrogen) atoms. The zero-order valence-corrected chi connectivity index (χ0v) is 15.5. The fourth-order valence-electron chi connectivity index (χ4n) is 2.96. The van der Waals surface area contributed by atoms with E-state index in [0.717, 1.165) is 12.0 Å². The molecular formula is C21H24N4O2. The van der Waals surface area contributed by atoms with Crippen molar-refractivity contribution < 1.29 is 9.90 Å². The van der Waals surface area contributed by atoms with Crippen molar-refractivity contribution in [3.8, 4) is 11.8 Å². The lowest BCUT2D eigenvalue weighted by Crippen LogP contribution is -2.55. The number of rotatable bonds is 4. The van der Waals surface area contributed by atoms with Crippen LogP contribution in [0.15, 0.2) is 42.7 Å². The van der Waals surface area contributed by atoms with Gasteiger partial charge in [0.15, 0.2) is 0 Å². The van der Waals surface area contributed by atoms with Gasteiger partial charge in [0, 0.05) is 37.0 Å². The fraction of sp³-hybridized carbons (Fsp3) is 0.381. The van der Waals surface area contributed by atoms with Gasteiger partial charge in [-0.15, -0.1) is 0 Å². The Hall–Kier alpha value is -2.91. The van der Waals surface area contributed by atoms with Crippen LogP contribution in [0, 0.1) is 11.8 Å². The van der Waals surface area contributed by atoms with Crippen molar-refractivity contribution in [1.82, 2.24) is 14.9 Å². The molecule has 6 nitrogen and oxygen atoms in total. The van der Waals surface area contributed by atoms with Crippen LogP contribution in [0.25, 0.3) is 0 Å². The maximum atomic E-state index is 12.4. The van der Waals surface area contributed by atoms with E-state index < -0.39 is 6.23 Å². The number of piperazine rings is 1. The summed E-state index contributed by atoms with van der Waals surface area (Å²) in [5.74, 6) is 5.79. The Bertz CT molecular complexity index is 812. The number of carbonyl (C=O) groups excluding carboxylic acids is 1. The standard InChI is InChI=1S/C21H24N4O2/c1-2-3-5-17-6-8-18(9-7-17)10-11-19(26)24-14-15-25(20(27)16-24)21-22-12-4-13-23-21/h4,6-9,12-13,20,27H,2-3,5,14-16H2,1H3. The number of hydrogen-bond donors (Lipinski definition) is 1. The number of aromatic nitrogens is 2. The Labute approximate surface area is 159 Å². The first kappa shape index (κ1) is 18.9. The molecule has 1 amide bonds. The van der Waals surface area contributed by atoms with Gasteiger partial charge in [-0.1, -0.05) is 31.4 Å². The first-order valence-electron chi connectivity index (χ1n) is 9.29. The summed E-state index contributed by atoms with van der Waals surface area (Å²) in [7, 11) is 0. The molecule has 2 heterocycles. The third kappa shape index (κ3) is 5.05. The molecule has 3 rings (SSSR count). The van der Waals surface area contributed by atoms with Gasteiger partial charge in [-0.05, 0) is 36.6 Å². The molecule has 0 aliphatic carbocycles. The zero-order valence-electron chi connectivity index (χ0n) is 15.5. The van der Waals surface area contributed by atoms with Crippen molar-refractivity contribution in [2.75, 3.05) is 24.5 Å². The lowest BCUT2D eigenvalue weighted by atomic mass is 10.1. The Kier molecular flexibility index (Phi) is 6.39. The van der Waals surface area contributed by atoms with E-state index in [2.05, 4.69) is 40.9 Å². The molecule has 0 spiro atoms. The summed E-state index contributed by atoms with van der Waals surface area (Å²) in [6.45, 7) is 3.29. The number of aliphatic hydroxyl groups is 1. The van der Waals surface area contributed by atoms with E-state index in [9.17, 15) is 9.90 Å². The zero-order chi connectivity index (χ0) is 19.1. The predicted octanol–water partition coefficient (Wildman–Crippen LogP) is 1.84. The Morgan fingerprint density at radius 1 is 1.22 bits per heavy atom. The first-order chi connectivity index (χ1) is 13.2. The Morgan fingerprint density at radius 3 is 2.63 bits per heavy atom. The van der Waals surface area contributed by atoms with Gasteiger partial charge in [0.1, 0.15) is 6.23 Å². The molecule has 0 bridgehead atoms. The second-order valence-corrected chi connectivity index (χ2v) is 6.52. The minimum atomic E-state index is -0.843. The summed E-state index contributed by atoms with van der Waals surface area (Å²) < 4.78 is 0. The highest BCUT2D eigenvalue weighted by Crippen LogP contribution is 2.14. The lowest BCUT2D eigenvalue weighted by molar-refractivity contribution is -0.127. The number of carbonyl (C=O) groups is 1. The van der Waals surface area contributed by atoms with Crippen LogP contribution in [-0.2, 0) is 11.2 Å². The number of amides is 1. The third-order valence-electron chi connectivity index (χ3n) is 4.54. The number of aliphatic hydroxyl groups excluding tert-OH is 1. The number of β-amino-alcohol motifs (C(OH)–C–C–N with tert-alkyl or cyclic N) is 1. The molecule has 1 aliphatic heterocycles. The summed E-state index contributed by atoms with van der Waals surface area (Å²) in [6.07, 6.45) is 5.83. The van der Waals surface area contributed by atoms with Gasteiger partial charge in [0.25, 0.3) is 5.91 Å². The number of benzene rings is 1. The second-order valence-electron chi connectivity index (χ2n) is 6.52. The molecule has 1 aromatic heterocycles. The van der Waals surface area contributed by atoms with E-state index in [4.69, 9.17) is 0 Å². The second kappa shape index (κ2) is 9.15. The van der Waals surface area contributed by atoms with E-state index in [1.807, 2.05) is 12.1 Å². The quantitative estimate of drug-likeness (QED) is 0.839. The molecule has 1 fully saturated rings. The first-order valence-corrected chi connectivity index (χ1v) is 9.29. The van der Waals surface area contributed by atoms with Gasteiger partial charge < -0.3 is 14.9 Å². The van der Waals surface area contributed by atoms with Gasteiger partial charge in [-0.2, -0.15) is 0 Å². The average molecular weight is 364 g/mol. The highest BCUT2D eigenvalue weighted by atomic mass is 16.3. The number of aryl methyl sites for hydroxylation is 1. The van der Waals surface area contributed by atoms with Gasteiger partial charge in [0.05, 0.1) is 6.54 Å². The van der Waals surface area contributed by atoms with Crippen molar-refractivity contribution in [3.63, 3.8) is 0 Å². The molecular weight excluding hydrogens is 340 g/mol. The fourth-order valence-corrected chi connectivity index (χ4v) is 2.96. The molecule has 140 valence electrons. The molecule has 1 unspecified atom stereocenters. The van der Waals surface area contributed by atoms with Crippen LogP contribution >= 0.6 is 0 Å². The van der Waals surface area contributed by atoms with Crippen molar-refractivity contribution in [3.05, 3.63) is 53.9 Å². The van der Waals surface area contributed by atoms with E-state index in [-0.39, 0.29) is 12.5 Å². The smallest absolute Gasteiger partial charge is 0.299 e. The normalized spacial score (nSPS) is 16.6. The molecule has 6 heteroatoms. The molecule has 1 aromatic carbocycles. The van der Waals surface area contributed by atoms with E-state index in [1.54, 1.807) is 28.3 Å². The van der Waals surface area contributed by atoms with Crippen molar-refractivity contribution in [2.24, 2.45) is 0 Å². The molecule has 1 aliphatic rings. The maximum absolute atomic E-state index is 12.4. The van der Waals surface area contributed by atoms with Crippen LogP contribution in [-0.4, -0.2) is 51.7 Å². The largest absolute Gasteiger partial charge is 0.372 e. The van der Waals surface area contributed by atoms with Crippen molar-refractivity contribution in [2.45, 2.75) is 32.4 Å². The van der Waals surface area contributed by atoms with Gasteiger partial charge in [0.2, 0.25) is 5.95 Å². The maximum Gasteiger partial charge on any atom is 0.299 e. The third-order valence-corrected chi connectivity index (χ3v) is 4.54. The number of nitrogens with zero attached hydrogens (tertiary/aromatic N) is 4. The molecule has 1 N–H and O–H groups in total. The van der Waals surface area contributed by atoms with Crippen molar-refractivity contribution >= 4 is 11.9 Å². The highest BCUT2D eigenvalue weighted by Gasteiger charge is 2.28. The van der Waals surface area contributed by atoms with Crippen LogP contribution in [0.2, 0.25) is 0 Å². The highest BCUT2D eigenvalue weighted by molar-refractivity contribution is 5.94. The van der Waals surface area contributed by atoms with Gasteiger partial charge in [-0.3, -0.25) is 4.79 Å². The minimum absolute atomic E-state index is 0.182. The predicted molar refractivity (Wildman–Crippen MR) is 104 cm³/mol. The summed E-state index contributed by atoms with van der Waals surface area (Å²) in [4.78, 5) is 23.9. The number of anilines is 1. The summed E-state index contributed by atoms with van der Waals surface area (Å²) in [6, 6.07) is 9.75. The van der Waals surface area contributed by atoms with E-state index in [0.29, 0.717) is 19.0 Å². The molecule has 1 saturated heterocycles. The minimum Gasteiger partial charge on any atom is -0.372 e. The summed E-state index contributed by atoms with van der Waals surface area (Å²) in [5, 5.41) is 10.3. The van der Waals surface area contributed by atoms with Crippen LogP contribution in [0.1, 0.15) is 30.9 Å². The monoisotopic (exact) mass is 364 g/mol. The van der Waals surface area contributed by atoms with Crippen molar-refractivity contribution in [1.29, 1.82) is 0 Å². The summed E-state index contributed by atoms with van der Waals surface area (Å²) >= 11 is 0. The number of hydrogen-bond acceptors (Lipinski definition) is 5. The Morgan fingerprint density at radius 2 is 1.96 bits per heavy atom. The summed E-state index contributed by atoms with van der Waals surface area (Å²) in [5.41, 5.74) is 2.11. The van der Waals surface area contributed by atoms with E-state index >= 15 is 0 Å². The molecule has 2 aromatic rings. The topological polar surface area (TPSA) is 69.6 Å². The molecule has 0 radical (unpaired) electrons. The number of unbranched alkanes of at least 4 members (excludes halogenated alkanes) is 1. The molecule has 0 saturated carbocycles. The molecule has 1 atom stereocenters. The SMILES string of the molecule is CCCCc1ccc(C#CC(=O)N2CCN(c3ncccn3)C(O)C2)cc1. The van der Waals surface area contributed by atoms with Gasteiger partial charge in [-0.25, -0.2) is 9.97 Å². The van der Waals surface area contributed by atoms with E-state index in [1.165, 1.54) is 18.4 Å².